The first kappa shape index (κ1) is 18.7. The van der Waals surface area contributed by atoms with Gasteiger partial charge in [-0.3, -0.25) is 10.1 Å². The van der Waals surface area contributed by atoms with Crippen LogP contribution in [0.25, 0.3) is 0 Å². The number of nitrogens with one attached hydrogen (secondary N) is 1. The zero-order chi connectivity index (χ0) is 17.8. The second kappa shape index (κ2) is 8.51. The van der Waals surface area contributed by atoms with Crippen LogP contribution >= 0.6 is 62.2 Å². The number of aromatic nitrogens is 2. The van der Waals surface area contributed by atoms with E-state index in [9.17, 15) is 4.79 Å². The lowest BCUT2D eigenvalue weighted by Gasteiger charge is -2.03. The van der Waals surface area contributed by atoms with Crippen molar-refractivity contribution in [1.82, 2.24) is 10.2 Å². The van der Waals surface area contributed by atoms with Crippen LogP contribution in [0.2, 0.25) is 10.0 Å². The van der Waals surface area contributed by atoms with Gasteiger partial charge in [-0.25, -0.2) is 0 Å². The number of anilines is 1. The van der Waals surface area contributed by atoms with Crippen molar-refractivity contribution < 1.29 is 4.79 Å². The molecule has 9 heteroatoms. The van der Waals surface area contributed by atoms with Gasteiger partial charge < -0.3 is 0 Å². The van der Waals surface area contributed by atoms with E-state index < -0.39 is 0 Å². The van der Waals surface area contributed by atoms with Gasteiger partial charge in [0.2, 0.25) is 5.13 Å². The molecule has 4 nitrogen and oxygen atoms in total. The van der Waals surface area contributed by atoms with E-state index in [0.717, 1.165) is 14.6 Å². The van der Waals surface area contributed by atoms with E-state index in [1.807, 2.05) is 24.3 Å². The van der Waals surface area contributed by atoms with Crippen LogP contribution in [0.5, 0.6) is 0 Å². The van der Waals surface area contributed by atoms with Crippen molar-refractivity contribution in [2.45, 2.75) is 10.1 Å². The molecule has 1 aromatic heterocycles. The van der Waals surface area contributed by atoms with Crippen molar-refractivity contribution in [3.8, 4) is 0 Å². The van der Waals surface area contributed by atoms with Crippen LogP contribution in [0.3, 0.4) is 0 Å². The predicted octanol–water partition coefficient (Wildman–Crippen LogP) is 6.15. The fraction of sp³-hybridized carbons (Fsp3) is 0.0625. The van der Waals surface area contributed by atoms with E-state index >= 15 is 0 Å². The number of hydrogen-bond donors (Lipinski definition) is 1. The Bertz CT molecular complexity index is 903. The molecule has 0 bridgehead atoms. The van der Waals surface area contributed by atoms with Crippen LogP contribution in [0, 0.1) is 0 Å². The molecule has 0 atom stereocenters. The molecule has 2 aromatic carbocycles. The number of amides is 1. The number of carbonyl (C=O) groups is 1. The van der Waals surface area contributed by atoms with E-state index in [1.54, 1.807) is 23.9 Å². The molecule has 0 radical (unpaired) electrons. The summed E-state index contributed by atoms with van der Waals surface area (Å²) in [7, 11) is 0. The van der Waals surface area contributed by atoms with Crippen LogP contribution in [0.4, 0.5) is 5.13 Å². The summed E-state index contributed by atoms with van der Waals surface area (Å²) in [4.78, 5) is 12.3. The molecule has 0 saturated heterocycles. The average molecular weight is 475 g/mol. The molecule has 1 amide bonds. The fourth-order valence-electron chi connectivity index (χ4n) is 1.88. The third-order valence-electron chi connectivity index (χ3n) is 3.08. The lowest BCUT2D eigenvalue weighted by Crippen LogP contribution is -2.12. The molecule has 1 N–H and O–H groups in total. The fourth-order valence-corrected chi connectivity index (χ4v) is 4.22. The Kier molecular flexibility index (Phi) is 6.35. The van der Waals surface area contributed by atoms with Crippen molar-refractivity contribution in [2.75, 3.05) is 5.32 Å². The number of halogens is 3. The quantitative estimate of drug-likeness (QED) is 0.355. The van der Waals surface area contributed by atoms with Gasteiger partial charge in [-0.2, -0.15) is 0 Å². The molecule has 0 aliphatic rings. The maximum Gasteiger partial charge on any atom is 0.259 e. The Balaban J connectivity index is 1.62. The van der Waals surface area contributed by atoms with E-state index in [2.05, 4.69) is 31.4 Å². The topological polar surface area (TPSA) is 54.9 Å². The average Bonchev–Trinajstić information content (AvgIpc) is 3.04. The number of nitrogens with zero attached hydrogens (tertiary/aromatic N) is 2. The largest absolute Gasteiger partial charge is 0.296 e. The summed E-state index contributed by atoms with van der Waals surface area (Å²) in [5, 5.41) is 12.0. The first-order valence-electron chi connectivity index (χ1n) is 6.98. The molecule has 3 aromatic rings. The van der Waals surface area contributed by atoms with E-state index in [1.165, 1.54) is 23.0 Å². The first-order chi connectivity index (χ1) is 12.0. The number of carbonyl (C=O) groups excluding carboxylic acids is 1. The Morgan fingerprint density at radius 3 is 2.68 bits per heavy atom. The molecule has 0 saturated carbocycles. The summed E-state index contributed by atoms with van der Waals surface area (Å²) in [5.74, 6) is 0.406. The summed E-state index contributed by atoms with van der Waals surface area (Å²) < 4.78 is 1.82. The predicted molar refractivity (Wildman–Crippen MR) is 108 cm³/mol. The Morgan fingerprint density at radius 1 is 1.16 bits per heavy atom. The molecule has 3 rings (SSSR count). The first-order valence-corrected chi connectivity index (χ1v) is 10.3. The molecule has 0 fully saturated rings. The van der Waals surface area contributed by atoms with Crippen molar-refractivity contribution in [1.29, 1.82) is 0 Å². The van der Waals surface area contributed by atoms with Gasteiger partial charge >= 0.3 is 0 Å². The molecule has 0 unspecified atom stereocenters. The van der Waals surface area contributed by atoms with Crippen LogP contribution < -0.4 is 5.32 Å². The van der Waals surface area contributed by atoms with Crippen molar-refractivity contribution in [3.05, 3.63) is 68.1 Å². The standard InChI is InChI=1S/C16H10BrCl2N3OS2/c17-10-3-1-9(2-4-10)8-24-16-22-21-15(25-16)20-14(23)12-7-11(18)5-6-13(12)19/h1-7H,8H2,(H,20,21,23). The third-order valence-corrected chi connectivity index (χ3v) is 6.21. The maximum absolute atomic E-state index is 12.3. The summed E-state index contributed by atoms with van der Waals surface area (Å²) in [6.45, 7) is 0. The van der Waals surface area contributed by atoms with Gasteiger partial charge in [0.25, 0.3) is 5.91 Å². The van der Waals surface area contributed by atoms with Gasteiger partial charge in [-0.05, 0) is 35.9 Å². The summed E-state index contributed by atoms with van der Waals surface area (Å²) in [6, 6.07) is 12.8. The zero-order valence-corrected chi connectivity index (χ0v) is 17.2. The minimum Gasteiger partial charge on any atom is -0.296 e. The van der Waals surface area contributed by atoms with Crippen LogP contribution in [-0.2, 0) is 5.75 Å². The molecule has 0 spiro atoms. The molecule has 25 heavy (non-hydrogen) atoms. The lowest BCUT2D eigenvalue weighted by atomic mass is 10.2. The summed E-state index contributed by atoms with van der Waals surface area (Å²) in [5.41, 5.74) is 1.48. The highest BCUT2D eigenvalue weighted by Gasteiger charge is 2.14. The van der Waals surface area contributed by atoms with Crippen LogP contribution in [-0.4, -0.2) is 16.1 Å². The normalized spacial score (nSPS) is 10.7. The van der Waals surface area contributed by atoms with Gasteiger partial charge in [-0.15, -0.1) is 10.2 Å². The summed E-state index contributed by atoms with van der Waals surface area (Å²) in [6.07, 6.45) is 0. The maximum atomic E-state index is 12.3. The Hall–Kier alpha value is -1.12. The van der Waals surface area contributed by atoms with Crippen LogP contribution in [0.15, 0.2) is 51.3 Å². The van der Waals surface area contributed by atoms with Crippen molar-refractivity contribution in [2.24, 2.45) is 0 Å². The van der Waals surface area contributed by atoms with Crippen LogP contribution in [0.1, 0.15) is 15.9 Å². The Morgan fingerprint density at radius 2 is 1.92 bits per heavy atom. The van der Waals surface area contributed by atoms with E-state index in [4.69, 9.17) is 23.2 Å². The van der Waals surface area contributed by atoms with Gasteiger partial charge in [0, 0.05) is 15.2 Å². The smallest absolute Gasteiger partial charge is 0.259 e. The third kappa shape index (κ3) is 5.18. The lowest BCUT2D eigenvalue weighted by molar-refractivity contribution is 0.102. The van der Waals surface area contributed by atoms with Crippen molar-refractivity contribution >= 4 is 73.3 Å². The molecular weight excluding hydrogens is 465 g/mol. The molecule has 1 heterocycles. The highest BCUT2D eigenvalue weighted by atomic mass is 79.9. The molecular formula is C16H10BrCl2N3OS2. The minimum absolute atomic E-state index is 0.299. The zero-order valence-electron chi connectivity index (χ0n) is 12.5. The summed E-state index contributed by atoms with van der Waals surface area (Å²) >= 11 is 18.2. The van der Waals surface area contributed by atoms with Gasteiger partial charge in [0.1, 0.15) is 0 Å². The highest BCUT2D eigenvalue weighted by Crippen LogP contribution is 2.29. The van der Waals surface area contributed by atoms with Gasteiger partial charge in [0.15, 0.2) is 4.34 Å². The number of benzene rings is 2. The molecule has 0 aliphatic carbocycles. The molecule has 128 valence electrons. The van der Waals surface area contributed by atoms with E-state index in [-0.39, 0.29) is 5.91 Å². The highest BCUT2D eigenvalue weighted by molar-refractivity contribution is 9.10. The van der Waals surface area contributed by atoms with Gasteiger partial charge in [-0.1, -0.05) is 74.4 Å². The SMILES string of the molecule is O=C(Nc1nnc(SCc2ccc(Br)cc2)s1)c1cc(Cl)ccc1Cl. The van der Waals surface area contributed by atoms with Gasteiger partial charge in [0.05, 0.1) is 10.6 Å². The monoisotopic (exact) mass is 473 g/mol. The van der Waals surface area contributed by atoms with E-state index in [0.29, 0.717) is 20.7 Å². The van der Waals surface area contributed by atoms with Crippen molar-refractivity contribution in [3.63, 3.8) is 0 Å². The minimum atomic E-state index is -0.367. The number of thioether (sulfide) groups is 1. The second-order valence-electron chi connectivity index (χ2n) is 4.87. The number of rotatable bonds is 5. The molecule has 0 aliphatic heterocycles. The second-order valence-corrected chi connectivity index (χ2v) is 8.83. The number of hydrogen-bond acceptors (Lipinski definition) is 5. The Labute approximate surface area is 171 Å².